The number of aromatic amines is 1. The summed E-state index contributed by atoms with van der Waals surface area (Å²) < 4.78 is 0. The van der Waals surface area contributed by atoms with Crippen LogP contribution in [0.1, 0.15) is 18.5 Å². The zero-order valence-corrected chi connectivity index (χ0v) is 16.1. The van der Waals surface area contributed by atoms with Gasteiger partial charge >= 0.3 is 0 Å². The Bertz CT molecular complexity index is 1220. The van der Waals surface area contributed by atoms with E-state index in [1.54, 1.807) is 18.2 Å². The monoisotopic (exact) mass is 389 g/mol. The molecule has 0 radical (unpaired) electrons. The number of benzene rings is 3. The second kappa shape index (κ2) is 7.86. The van der Waals surface area contributed by atoms with Crippen LogP contribution in [0, 0.1) is 0 Å². The van der Waals surface area contributed by atoms with Gasteiger partial charge in [-0.1, -0.05) is 60.3 Å². The van der Waals surface area contributed by atoms with Crippen LogP contribution in [0.4, 0.5) is 0 Å². The molecule has 0 spiro atoms. The maximum absolute atomic E-state index is 12.4. The number of nitrogens with one attached hydrogen (secondary N) is 2. The van der Waals surface area contributed by atoms with Gasteiger partial charge in [-0.05, 0) is 41.5 Å². The lowest BCUT2D eigenvalue weighted by Crippen LogP contribution is -2.28. The molecular formula is C22H19N3O2S. The molecule has 1 heterocycles. The first kappa shape index (κ1) is 18.3. The van der Waals surface area contributed by atoms with E-state index in [1.165, 1.54) is 17.1 Å². The molecule has 3 aromatic carbocycles. The molecule has 0 aliphatic carbocycles. The van der Waals surface area contributed by atoms with Crippen molar-refractivity contribution in [3.05, 3.63) is 82.6 Å². The lowest BCUT2D eigenvalue weighted by atomic mass is 10.0. The molecule has 0 unspecified atom stereocenters. The number of rotatable bonds is 5. The number of fused-ring (bicyclic) bond motifs is 2. The van der Waals surface area contributed by atoms with Crippen molar-refractivity contribution >= 4 is 39.3 Å². The van der Waals surface area contributed by atoms with E-state index in [2.05, 4.69) is 39.6 Å². The van der Waals surface area contributed by atoms with Crippen LogP contribution in [0.3, 0.4) is 0 Å². The number of nitrogens with zero attached hydrogens (tertiary/aromatic N) is 1. The maximum Gasteiger partial charge on any atom is 0.259 e. The van der Waals surface area contributed by atoms with Crippen LogP contribution in [0.5, 0.6) is 0 Å². The van der Waals surface area contributed by atoms with Gasteiger partial charge in [0.05, 0.1) is 22.7 Å². The Balaban J connectivity index is 1.41. The fraction of sp³-hybridized carbons (Fsp3) is 0.136. The van der Waals surface area contributed by atoms with Crippen LogP contribution in [-0.4, -0.2) is 21.6 Å². The molecular weight excluding hydrogens is 370 g/mol. The Morgan fingerprint density at radius 3 is 2.68 bits per heavy atom. The van der Waals surface area contributed by atoms with Gasteiger partial charge in [-0.15, -0.1) is 0 Å². The first-order valence-electron chi connectivity index (χ1n) is 9.00. The van der Waals surface area contributed by atoms with Crippen LogP contribution in [0.15, 0.2) is 76.7 Å². The van der Waals surface area contributed by atoms with Gasteiger partial charge in [0.15, 0.2) is 5.16 Å². The first-order chi connectivity index (χ1) is 13.6. The van der Waals surface area contributed by atoms with Crippen LogP contribution in [-0.2, 0) is 4.79 Å². The normalized spacial score (nSPS) is 12.2. The number of aromatic nitrogens is 2. The average Bonchev–Trinajstić information content (AvgIpc) is 2.72. The smallest absolute Gasteiger partial charge is 0.259 e. The van der Waals surface area contributed by atoms with Crippen LogP contribution in [0.2, 0.25) is 0 Å². The van der Waals surface area contributed by atoms with E-state index in [0.29, 0.717) is 16.1 Å². The van der Waals surface area contributed by atoms with Crippen molar-refractivity contribution in [3.63, 3.8) is 0 Å². The summed E-state index contributed by atoms with van der Waals surface area (Å²) in [6.45, 7) is 1.96. The van der Waals surface area contributed by atoms with Crippen molar-refractivity contribution < 1.29 is 4.79 Å². The lowest BCUT2D eigenvalue weighted by molar-refractivity contribution is -0.119. The Morgan fingerprint density at radius 1 is 1.07 bits per heavy atom. The van der Waals surface area contributed by atoms with Crippen molar-refractivity contribution in [1.82, 2.24) is 15.3 Å². The molecule has 1 amide bonds. The van der Waals surface area contributed by atoms with Crippen molar-refractivity contribution in [2.75, 3.05) is 5.75 Å². The first-order valence-corrected chi connectivity index (χ1v) is 9.98. The number of amides is 1. The van der Waals surface area contributed by atoms with Gasteiger partial charge in [-0.3, -0.25) is 9.59 Å². The highest BCUT2D eigenvalue weighted by atomic mass is 32.2. The predicted octanol–water partition coefficient (Wildman–Crippen LogP) is 4.05. The quantitative estimate of drug-likeness (QED) is 0.399. The Labute approximate surface area is 166 Å². The van der Waals surface area contributed by atoms with Gasteiger partial charge in [-0.25, -0.2) is 4.98 Å². The van der Waals surface area contributed by atoms with Crippen LogP contribution in [0.25, 0.3) is 21.7 Å². The molecule has 6 heteroatoms. The molecule has 0 aliphatic rings. The summed E-state index contributed by atoms with van der Waals surface area (Å²) >= 11 is 1.22. The molecule has 0 bridgehead atoms. The van der Waals surface area contributed by atoms with Gasteiger partial charge in [-0.2, -0.15) is 0 Å². The molecule has 2 N–H and O–H groups in total. The van der Waals surface area contributed by atoms with Crippen molar-refractivity contribution in [3.8, 4) is 0 Å². The van der Waals surface area contributed by atoms with E-state index in [9.17, 15) is 9.59 Å². The van der Waals surface area contributed by atoms with E-state index in [4.69, 9.17) is 0 Å². The lowest BCUT2D eigenvalue weighted by Gasteiger charge is -2.15. The Morgan fingerprint density at radius 2 is 1.82 bits per heavy atom. The summed E-state index contributed by atoms with van der Waals surface area (Å²) in [5.74, 6) is 0.0700. The average molecular weight is 389 g/mol. The molecule has 0 saturated heterocycles. The van der Waals surface area contributed by atoms with Gasteiger partial charge in [0.1, 0.15) is 0 Å². The molecule has 4 aromatic rings. The second-order valence-electron chi connectivity index (χ2n) is 6.57. The number of thioether (sulfide) groups is 1. The molecule has 5 nitrogen and oxygen atoms in total. The number of carbonyl (C=O) groups is 1. The number of hydrogen-bond acceptors (Lipinski definition) is 4. The van der Waals surface area contributed by atoms with Crippen LogP contribution < -0.4 is 10.9 Å². The summed E-state index contributed by atoms with van der Waals surface area (Å²) in [7, 11) is 0. The van der Waals surface area contributed by atoms with Crippen molar-refractivity contribution in [1.29, 1.82) is 0 Å². The van der Waals surface area contributed by atoms with Gasteiger partial charge in [0, 0.05) is 0 Å². The number of hydrogen-bond donors (Lipinski definition) is 2. The fourth-order valence-corrected chi connectivity index (χ4v) is 3.79. The Hall–Kier alpha value is -3.12. The molecule has 1 aromatic heterocycles. The van der Waals surface area contributed by atoms with Crippen LogP contribution >= 0.6 is 11.8 Å². The Kier molecular flexibility index (Phi) is 5.12. The molecule has 0 aliphatic heterocycles. The number of H-pyrrole nitrogens is 1. The highest BCUT2D eigenvalue weighted by Gasteiger charge is 2.12. The fourth-order valence-electron chi connectivity index (χ4n) is 3.11. The predicted molar refractivity (Wildman–Crippen MR) is 114 cm³/mol. The summed E-state index contributed by atoms with van der Waals surface area (Å²) in [6.07, 6.45) is 0. The summed E-state index contributed by atoms with van der Waals surface area (Å²) in [5, 5.41) is 6.31. The largest absolute Gasteiger partial charge is 0.349 e. The van der Waals surface area contributed by atoms with Crippen molar-refractivity contribution in [2.24, 2.45) is 0 Å². The standard InChI is InChI=1S/C22H19N3O2S/c1-14(16-11-10-15-6-2-3-7-17(15)12-16)23-20(26)13-28-22-24-19-9-5-4-8-18(19)21(27)25-22/h2-12,14H,13H2,1H3,(H,23,26)(H,24,25,27)/t14-/m1/s1. The number of carbonyl (C=O) groups excluding carboxylic acids is 1. The number of para-hydroxylation sites is 1. The minimum atomic E-state index is -0.196. The van der Waals surface area contributed by atoms with E-state index in [1.807, 2.05) is 31.2 Å². The highest BCUT2D eigenvalue weighted by molar-refractivity contribution is 7.99. The molecule has 4 rings (SSSR count). The van der Waals surface area contributed by atoms with Gasteiger partial charge < -0.3 is 10.3 Å². The molecule has 1 atom stereocenters. The SMILES string of the molecule is C[C@@H](NC(=O)CSc1nc2ccccc2c(=O)[nH]1)c1ccc2ccccc2c1. The maximum atomic E-state index is 12.4. The summed E-state index contributed by atoms with van der Waals surface area (Å²) in [6, 6.07) is 21.4. The molecule has 0 saturated carbocycles. The van der Waals surface area contributed by atoms with Gasteiger partial charge in [0.25, 0.3) is 5.56 Å². The second-order valence-corrected chi connectivity index (χ2v) is 7.54. The van der Waals surface area contributed by atoms with E-state index < -0.39 is 0 Å². The summed E-state index contributed by atoms with van der Waals surface area (Å²) in [5.41, 5.74) is 1.48. The third-order valence-corrected chi connectivity index (χ3v) is 5.46. The zero-order valence-electron chi connectivity index (χ0n) is 15.3. The van der Waals surface area contributed by atoms with Gasteiger partial charge in [0.2, 0.25) is 5.91 Å². The third kappa shape index (κ3) is 3.92. The van der Waals surface area contributed by atoms with E-state index in [-0.39, 0.29) is 23.3 Å². The topological polar surface area (TPSA) is 74.8 Å². The van der Waals surface area contributed by atoms with E-state index >= 15 is 0 Å². The molecule has 0 fully saturated rings. The minimum Gasteiger partial charge on any atom is -0.349 e. The zero-order chi connectivity index (χ0) is 19.5. The summed E-state index contributed by atoms with van der Waals surface area (Å²) in [4.78, 5) is 31.6. The highest BCUT2D eigenvalue weighted by Crippen LogP contribution is 2.21. The minimum absolute atomic E-state index is 0.110. The molecule has 140 valence electrons. The van der Waals surface area contributed by atoms with E-state index in [0.717, 1.165) is 10.9 Å². The van der Waals surface area contributed by atoms with Crippen molar-refractivity contribution in [2.45, 2.75) is 18.1 Å². The molecule has 28 heavy (non-hydrogen) atoms. The third-order valence-electron chi connectivity index (χ3n) is 4.58.